The minimum Gasteiger partial charge on any atom is -0.480 e. The van der Waals surface area contributed by atoms with Gasteiger partial charge in [-0.25, -0.2) is 9.97 Å². The van der Waals surface area contributed by atoms with Crippen LogP contribution in [0, 0.1) is 0 Å². The van der Waals surface area contributed by atoms with Gasteiger partial charge in [0.1, 0.15) is 11.9 Å². The van der Waals surface area contributed by atoms with Crippen molar-refractivity contribution < 1.29 is 9.53 Å². The van der Waals surface area contributed by atoms with Crippen molar-refractivity contribution in [2.75, 3.05) is 38.2 Å². The van der Waals surface area contributed by atoms with Crippen LogP contribution in [0.15, 0.2) is 47.7 Å². The number of fused-ring (bicyclic) bond motifs is 1. The van der Waals surface area contributed by atoms with Crippen molar-refractivity contribution in [3.05, 3.63) is 58.8 Å². The summed E-state index contributed by atoms with van der Waals surface area (Å²) < 4.78 is 5.32. The first-order valence-electron chi connectivity index (χ1n) is 8.68. The molecule has 1 aromatic carbocycles. The molecule has 0 spiro atoms. The molecule has 0 saturated carbocycles. The number of aromatic nitrogens is 3. The van der Waals surface area contributed by atoms with Crippen LogP contribution < -0.4 is 15.2 Å². The molecule has 0 radical (unpaired) electrons. The van der Waals surface area contributed by atoms with Gasteiger partial charge in [0, 0.05) is 38.1 Å². The standard InChI is InChI=1S/C19H19N5O3/c1-27-18-15-11-13(4-5-16(15)21-12-22-18)23-7-9-24(10-8-23)19(26)14-3-2-6-20-17(14)25/h2-6,11-12H,7-10H2,1H3,(H,20,25). The molecule has 1 amide bonds. The van der Waals surface area contributed by atoms with Crippen LogP contribution >= 0.6 is 0 Å². The fourth-order valence-electron chi connectivity index (χ4n) is 3.31. The molecule has 2 aromatic heterocycles. The molecule has 0 atom stereocenters. The summed E-state index contributed by atoms with van der Waals surface area (Å²) in [4.78, 5) is 39.3. The minimum atomic E-state index is -0.355. The van der Waals surface area contributed by atoms with Gasteiger partial charge in [-0.2, -0.15) is 0 Å². The number of benzene rings is 1. The van der Waals surface area contributed by atoms with E-state index < -0.39 is 0 Å². The summed E-state index contributed by atoms with van der Waals surface area (Å²) in [5.74, 6) is 0.309. The normalized spacial score (nSPS) is 14.4. The van der Waals surface area contributed by atoms with E-state index in [1.807, 2.05) is 18.2 Å². The van der Waals surface area contributed by atoms with Crippen molar-refractivity contribution in [1.29, 1.82) is 0 Å². The highest BCUT2D eigenvalue weighted by Gasteiger charge is 2.24. The summed E-state index contributed by atoms with van der Waals surface area (Å²) in [6, 6.07) is 9.18. The van der Waals surface area contributed by atoms with E-state index in [9.17, 15) is 9.59 Å². The number of amides is 1. The number of ether oxygens (including phenoxy) is 1. The fourth-order valence-corrected chi connectivity index (χ4v) is 3.31. The summed E-state index contributed by atoms with van der Waals surface area (Å²) in [5, 5.41) is 0.854. The van der Waals surface area contributed by atoms with Gasteiger partial charge < -0.3 is 19.5 Å². The highest BCUT2D eigenvalue weighted by molar-refractivity contribution is 5.94. The summed E-state index contributed by atoms with van der Waals surface area (Å²) in [6.45, 7) is 2.46. The predicted molar refractivity (Wildman–Crippen MR) is 101 cm³/mol. The molecule has 3 heterocycles. The number of nitrogens with zero attached hydrogens (tertiary/aromatic N) is 4. The van der Waals surface area contributed by atoms with Crippen LogP contribution in [0.4, 0.5) is 5.69 Å². The van der Waals surface area contributed by atoms with Gasteiger partial charge >= 0.3 is 0 Å². The number of carbonyl (C=O) groups excluding carboxylic acids is 1. The van der Waals surface area contributed by atoms with Gasteiger partial charge in [-0.05, 0) is 30.3 Å². The number of nitrogens with one attached hydrogen (secondary N) is 1. The Labute approximate surface area is 155 Å². The second kappa shape index (κ2) is 7.06. The Bertz CT molecular complexity index is 1040. The second-order valence-electron chi connectivity index (χ2n) is 6.28. The molecule has 8 nitrogen and oxygen atoms in total. The van der Waals surface area contributed by atoms with Crippen molar-refractivity contribution in [2.45, 2.75) is 0 Å². The van der Waals surface area contributed by atoms with Crippen LogP contribution in [-0.4, -0.2) is 59.0 Å². The summed E-state index contributed by atoms with van der Waals surface area (Å²) >= 11 is 0. The molecule has 1 fully saturated rings. The van der Waals surface area contributed by atoms with Crippen molar-refractivity contribution >= 4 is 22.5 Å². The molecule has 0 aliphatic carbocycles. The largest absolute Gasteiger partial charge is 0.480 e. The van der Waals surface area contributed by atoms with Gasteiger partial charge in [0.05, 0.1) is 18.0 Å². The first-order valence-corrected chi connectivity index (χ1v) is 8.68. The molecule has 138 valence electrons. The molecule has 4 rings (SSSR count). The SMILES string of the molecule is COc1ncnc2ccc(N3CCN(C(=O)c4ccc[nH]c4=O)CC3)cc12. The Morgan fingerprint density at radius 1 is 1.15 bits per heavy atom. The van der Waals surface area contributed by atoms with Crippen molar-refractivity contribution in [2.24, 2.45) is 0 Å². The van der Waals surface area contributed by atoms with E-state index in [1.165, 1.54) is 12.5 Å². The molecule has 1 N–H and O–H groups in total. The molecule has 0 unspecified atom stereocenters. The van der Waals surface area contributed by atoms with Crippen LogP contribution in [0.2, 0.25) is 0 Å². The van der Waals surface area contributed by atoms with Gasteiger partial charge in [0.15, 0.2) is 0 Å². The third kappa shape index (κ3) is 3.21. The Morgan fingerprint density at radius 3 is 2.70 bits per heavy atom. The number of methoxy groups -OCH3 is 1. The van der Waals surface area contributed by atoms with Crippen LogP contribution in [0.25, 0.3) is 10.9 Å². The third-order valence-electron chi connectivity index (χ3n) is 4.76. The lowest BCUT2D eigenvalue weighted by molar-refractivity contribution is 0.0745. The molecule has 8 heteroatoms. The van der Waals surface area contributed by atoms with E-state index in [4.69, 9.17) is 4.74 Å². The summed E-state index contributed by atoms with van der Waals surface area (Å²) in [6.07, 6.45) is 3.01. The monoisotopic (exact) mass is 365 g/mol. The van der Waals surface area contributed by atoms with E-state index in [-0.39, 0.29) is 17.0 Å². The molecule has 1 aliphatic rings. The Kier molecular flexibility index (Phi) is 4.45. The van der Waals surface area contributed by atoms with Gasteiger partial charge in [0.25, 0.3) is 11.5 Å². The van der Waals surface area contributed by atoms with Crippen molar-refractivity contribution in [3.63, 3.8) is 0 Å². The van der Waals surface area contributed by atoms with Crippen LogP contribution in [-0.2, 0) is 0 Å². The van der Waals surface area contributed by atoms with Crippen LogP contribution in [0.3, 0.4) is 0 Å². The number of aromatic amines is 1. The number of pyridine rings is 1. The number of rotatable bonds is 3. The van der Waals surface area contributed by atoms with Gasteiger partial charge in [-0.1, -0.05) is 0 Å². The number of hydrogen-bond donors (Lipinski definition) is 1. The highest BCUT2D eigenvalue weighted by atomic mass is 16.5. The lowest BCUT2D eigenvalue weighted by Crippen LogP contribution is -2.49. The Morgan fingerprint density at radius 2 is 1.96 bits per heavy atom. The van der Waals surface area contributed by atoms with E-state index >= 15 is 0 Å². The number of H-pyrrole nitrogens is 1. The van der Waals surface area contributed by atoms with E-state index in [2.05, 4.69) is 19.9 Å². The maximum absolute atomic E-state index is 12.6. The summed E-state index contributed by atoms with van der Waals surface area (Å²) in [7, 11) is 1.59. The molecule has 1 aliphatic heterocycles. The maximum atomic E-state index is 12.6. The van der Waals surface area contributed by atoms with Gasteiger partial charge in [0.2, 0.25) is 5.88 Å². The van der Waals surface area contributed by atoms with Crippen LogP contribution in [0.5, 0.6) is 5.88 Å². The fraction of sp³-hybridized carbons (Fsp3) is 0.263. The lowest BCUT2D eigenvalue weighted by atomic mass is 10.1. The molecule has 0 bridgehead atoms. The molecular formula is C19H19N5O3. The number of hydrogen-bond acceptors (Lipinski definition) is 6. The quantitative estimate of drug-likeness (QED) is 0.752. The van der Waals surface area contributed by atoms with E-state index in [1.54, 1.807) is 24.1 Å². The molecule has 1 saturated heterocycles. The first-order chi connectivity index (χ1) is 13.2. The number of carbonyl (C=O) groups is 1. The molecular weight excluding hydrogens is 346 g/mol. The third-order valence-corrected chi connectivity index (χ3v) is 4.76. The highest BCUT2D eigenvalue weighted by Crippen LogP contribution is 2.27. The molecule has 3 aromatic rings. The second-order valence-corrected chi connectivity index (χ2v) is 6.28. The lowest BCUT2D eigenvalue weighted by Gasteiger charge is -2.36. The Hall–Kier alpha value is -3.42. The number of anilines is 1. The first kappa shape index (κ1) is 17.0. The average Bonchev–Trinajstić information content (AvgIpc) is 2.73. The maximum Gasteiger partial charge on any atom is 0.260 e. The summed E-state index contributed by atoms with van der Waals surface area (Å²) in [5.41, 5.74) is 1.67. The smallest absolute Gasteiger partial charge is 0.260 e. The van der Waals surface area contributed by atoms with E-state index in [0.29, 0.717) is 32.1 Å². The average molecular weight is 365 g/mol. The zero-order chi connectivity index (χ0) is 18.8. The van der Waals surface area contributed by atoms with Crippen molar-refractivity contribution in [3.8, 4) is 5.88 Å². The minimum absolute atomic E-state index is 0.179. The van der Waals surface area contributed by atoms with Crippen LogP contribution in [0.1, 0.15) is 10.4 Å². The predicted octanol–water partition coefficient (Wildman–Crippen LogP) is 1.29. The topological polar surface area (TPSA) is 91.4 Å². The zero-order valence-electron chi connectivity index (χ0n) is 14.9. The van der Waals surface area contributed by atoms with Crippen molar-refractivity contribution in [1.82, 2.24) is 19.9 Å². The number of piperazine rings is 1. The Balaban J connectivity index is 1.51. The zero-order valence-corrected chi connectivity index (χ0v) is 14.9. The molecule has 27 heavy (non-hydrogen) atoms. The van der Waals surface area contributed by atoms with Gasteiger partial charge in [-0.15, -0.1) is 0 Å². The van der Waals surface area contributed by atoms with E-state index in [0.717, 1.165) is 16.6 Å². The van der Waals surface area contributed by atoms with Gasteiger partial charge in [-0.3, -0.25) is 9.59 Å².